The Balaban J connectivity index is 2.72. The second kappa shape index (κ2) is 11.1. The molecule has 3 heteroatoms. The minimum absolute atomic E-state index is 0.425. The number of anilines is 1. The zero-order valence-electron chi connectivity index (χ0n) is 14.2. The van der Waals surface area contributed by atoms with Crippen molar-refractivity contribution >= 4 is 11.7 Å². The smallest absolute Gasteiger partial charge is 0.337 e. The molecule has 1 rings (SSSR count). The summed E-state index contributed by atoms with van der Waals surface area (Å²) in [5.41, 5.74) is 1.30. The molecule has 0 unspecified atom stereocenters. The maximum Gasteiger partial charge on any atom is 0.337 e. The maximum atomic E-state index is 11.5. The molecule has 0 aliphatic carbocycles. The third kappa shape index (κ3) is 6.50. The van der Waals surface area contributed by atoms with Crippen molar-refractivity contribution in [3.63, 3.8) is 0 Å². The summed E-state index contributed by atoms with van der Waals surface area (Å²) in [6, 6.07) is 7.40. The highest BCUT2D eigenvalue weighted by atomic mass is 16.4. The fourth-order valence-corrected chi connectivity index (χ4v) is 2.74. The highest BCUT2D eigenvalue weighted by Gasteiger charge is 2.14. The van der Waals surface area contributed by atoms with E-state index in [1.54, 1.807) is 12.1 Å². The van der Waals surface area contributed by atoms with Gasteiger partial charge in [0.05, 0.1) is 11.3 Å². The Morgan fingerprint density at radius 3 is 1.95 bits per heavy atom. The number of carboxylic acid groups (broad SMARTS) is 1. The second-order valence-electron chi connectivity index (χ2n) is 5.93. The van der Waals surface area contributed by atoms with Crippen molar-refractivity contribution in [3.05, 3.63) is 29.8 Å². The van der Waals surface area contributed by atoms with Crippen LogP contribution >= 0.6 is 0 Å². The summed E-state index contributed by atoms with van der Waals surface area (Å²) in [7, 11) is 0. The average molecular weight is 305 g/mol. The Kier molecular flexibility index (Phi) is 9.36. The molecule has 1 aromatic carbocycles. The van der Waals surface area contributed by atoms with Crippen molar-refractivity contribution < 1.29 is 9.90 Å². The molecule has 1 N–H and O–H groups in total. The topological polar surface area (TPSA) is 40.5 Å². The molecule has 0 bridgehead atoms. The molecule has 0 aliphatic rings. The summed E-state index contributed by atoms with van der Waals surface area (Å²) in [6.07, 6.45) is 9.67. The van der Waals surface area contributed by atoms with E-state index in [2.05, 4.69) is 18.7 Å². The molecule has 22 heavy (non-hydrogen) atoms. The molecule has 0 heterocycles. The number of nitrogens with zero attached hydrogens (tertiary/aromatic N) is 1. The van der Waals surface area contributed by atoms with Gasteiger partial charge in [-0.25, -0.2) is 4.79 Å². The van der Waals surface area contributed by atoms with E-state index in [1.165, 1.54) is 38.5 Å². The summed E-state index contributed by atoms with van der Waals surface area (Å²) in [5, 5.41) is 9.41. The van der Waals surface area contributed by atoms with Crippen molar-refractivity contribution in [1.29, 1.82) is 0 Å². The fourth-order valence-electron chi connectivity index (χ4n) is 2.74. The van der Waals surface area contributed by atoms with Crippen LogP contribution in [0.1, 0.15) is 75.6 Å². The molecule has 3 nitrogen and oxygen atoms in total. The highest BCUT2D eigenvalue weighted by molar-refractivity contribution is 5.94. The van der Waals surface area contributed by atoms with Crippen LogP contribution in [0.3, 0.4) is 0 Å². The minimum Gasteiger partial charge on any atom is -0.478 e. The van der Waals surface area contributed by atoms with Gasteiger partial charge in [-0.2, -0.15) is 0 Å². The number of unbranched alkanes of at least 4 members (excludes halogenated alkanes) is 6. The van der Waals surface area contributed by atoms with Crippen LogP contribution in [0.25, 0.3) is 0 Å². The van der Waals surface area contributed by atoms with Crippen molar-refractivity contribution in [3.8, 4) is 0 Å². The van der Waals surface area contributed by atoms with Crippen LogP contribution in [0.15, 0.2) is 24.3 Å². The molecule has 0 aliphatic heterocycles. The van der Waals surface area contributed by atoms with Crippen LogP contribution in [0.2, 0.25) is 0 Å². The number of carbonyl (C=O) groups is 1. The van der Waals surface area contributed by atoms with Gasteiger partial charge in [-0.3, -0.25) is 0 Å². The Labute approximate surface area is 135 Å². The van der Waals surface area contributed by atoms with Gasteiger partial charge in [0.2, 0.25) is 0 Å². The van der Waals surface area contributed by atoms with E-state index in [1.807, 2.05) is 12.1 Å². The first-order valence-electron chi connectivity index (χ1n) is 8.78. The van der Waals surface area contributed by atoms with Gasteiger partial charge in [-0.05, 0) is 25.0 Å². The van der Waals surface area contributed by atoms with Crippen LogP contribution in [-0.4, -0.2) is 24.2 Å². The average Bonchev–Trinajstić information content (AvgIpc) is 2.53. The number of rotatable bonds is 12. The standard InChI is InChI=1S/C19H31NO2/c1-3-5-7-11-15-20(16-12-8-6-4-2)18-14-10-9-13-17(18)19(21)22/h9-10,13-14H,3-8,11-12,15-16H2,1-2H3,(H,21,22). The highest BCUT2D eigenvalue weighted by Crippen LogP contribution is 2.22. The third-order valence-corrected chi connectivity index (χ3v) is 4.04. The van der Waals surface area contributed by atoms with Gasteiger partial charge in [-0.1, -0.05) is 64.5 Å². The lowest BCUT2D eigenvalue weighted by molar-refractivity contribution is 0.0697. The normalized spacial score (nSPS) is 10.6. The number of aromatic carboxylic acids is 1. The van der Waals surface area contributed by atoms with Gasteiger partial charge in [0.25, 0.3) is 0 Å². The first-order valence-corrected chi connectivity index (χ1v) is 8.78. The van der Waals surface area contributed by atoms with E-state index in [-0.39, 0.29) is 0 Å². The monoisotopic (exact) mass is 305 g/mol. The zero-order chi connectivity index (χ0) is 16.2. The van der Waals surface area contributed by atoms with Crippen molar-refractivity contribution in [1.82, 2.24) is 0 Å². The van der Waals surface area contributed by atoms with Crippen LogP contribution < -0.4 is 4.90 Å². The minimum atomic E-state index is -0.831. The van der Waals surface area contributed by atoms with Crippen LogP contribution in [0, 0.1) is 0 Å². The summed E-state index contributed by atoms with van der Waals surface area (Å²) in [6.45, 7) is 6.33. The number of hydrogen-bond acceptors (Lipinski definition) is 2. The quantitative estimate of drug-likeness (QED) is 0.529. The van der Waals surface area contributed by atoms with Crippen molar-refractivity contribution in [2.24, 2.45) is 0 Å². The lowest BCUT2D eigenvalue weighted by atomic mass is 10.1. The third-order valence-electron chi connectivity index (χ3n) is 4.04. The summed E-state index contributed by atoms with van der Waals surface area (Å²) in [5.74, 6) is -0.831. The largest absolute Gasteiger partial charge is 0.478 e. The molecular formula is C19H31NO2. The van der Waals surface area contributed by atoms with E-state index < -0.39 is 5.97 Å². The van der Waals surface area contributed by atoms with Gasteiger partial charge in [0.1, 0.15) is 0 Å². The lowest BCUT2D eigenvalue weighted by Gasteiger charge is -2.26. The summed E-state index contributed by atoms with van der Waals surface area (Å²) >= 11 is 0. The summed E-state index contributed by atoms with van der Waals surface area (Å²) < 4.78 is 0. The van der Waals surface area contributed by atoms with E-state index in [0.29, 0.717) is 5.56 Å². The first kappa shape index (κ1) is 18.5. The van der Waals surface area contributed by atoms with Crippen LogP contribution in [0.5, 0.6) is 0 Å². The van der Waals surface area contributed by atoms with E-state index in [9.17, 15) is 9.90 Å². The molecular weight excluding hydrogens is 274 g/mol. The predicted octanol–water partition coefficient (Wildman–Crippen LogP) is 5.35. The second-order valence-corrected chi connectivity index (χ2v) is 5.93. The van der Waals surface area contributed by atoms with Gasteiger partial charge < -0.3 is 10.0 Å². The lowest BCUT2D eigenvalue weighted by Crippen LogP contribution is -2.27. The van der Waals surface area contributed by atoms with Gasteiger partial charge in [0, 0.05) is 13.1 Å². The Bertz CT molecular complexity index is 419. The molecule has 0 aromatic heterocycles. The molecule has 0 saturated carbocycles. The maximum absolute atomic E-state index is 11.5. The summed E-state index contributed by atoms with van der Waals surface area (Å²) in [4.78, 5) is 13.7. The number of hydrogen-bond donors (Lipinski definition) is 1. The number of benzene rings is 1. The Morgan fingerprint density at radius 1 is 0.909 bits per heavy atom. The Morgan fingerprint density at radius 2 is 1.45 bits per heavy atom. The number of para-hydroxylation sites is 1. The van der Waals surface area contributed by atoms with E-state index >= 15 is 0 Å². The molecule has 0 saturated heterocycles. The number of carboxylic acids is 1. The first-order chi connectivity index (χ1) is 10.7. The molecule has 0 spiro atoms. The molecule has 0 fully saturated rings. The fraction of sp³-hybridized carbons (Fsp3) is 0.632. The Hall–Kier alpha value is -1.51. The van der Waals surface area contributed by atoms with E-state index in [4.69, 9.17) is 0 Å². The van der Waals surface area contributed by atoms with Crippen LogP contribution in [-0.2, 0) is 0 Å². The molecule has 0 atom stereocenters. The van der Waals surface area contributed by atoms with Crippen molar-refractivity contribution in [2.75, 3.05) is 18.0 Å². The van der Waals surface area contributed by atoms with Gasteiger partial charge >= 0.3 is 5.97 Å². The molecule has 0 radical (unpaired) electrons. The SMILES string of the molecule is CCCCCCN(CCCCCC)c1ccccc1C(=O)O. The van der Waals surface area contributed by atoms with Gasteiger partial charge in [-0.15, -0.1) is 0 Å². The molecule has 124 valence electrons. The van der Waals surface area contributed by atoms with Crippen molar-refractivity contribution in [2.45, 2.75) is 65.2 Å². The molecule has 0 amide bonds. The predicted molar refractivity (Wildman–Crippen MR) is 93.9 cm³/mol. The van der Waals surface area contributed by atoms with E-state index in [0.717, 1.165) is 31.6 Å². The van der Waals surface area contributed by atoms with Crippen LogP contribution in [0.4, 0.5) is 5.69 Å². The van der Waals surface area contributed by atoms with Gasteiger partial charge in [0.15, 0.2) is 0 Å². The molecule has 1 aromatic rings. The zero-order valence-corrected chi connectivity index (χ0v) is 14.2.